The Morgan fingerprint density at radius 1 is 1.12 bits per heavy atom. The summed E-state index contributed by atoms with van der Waals surface area (Å²) in [5, 5.41) is 3.39. The van der Waals surface area contributed by atoms with Crippen molar-refractivity contribution in [2.45, 2.75) is 38.6 Å². The van der Waals surface area contributed by atoms with Crippen LogP contribution in [-0.2, 0) is 6.42 Å². The van der Waals surface area contributed by atoms with Crippen molar-refractivity contribution in [3.8, 4) is 0 Å². The SMILES string of the molecule is CCc1nc(N2CCCCC(N3CCN(C)CC3)C2)c2ccsc2n1. The first-order valence-corrected chi connectivity index (χ1v) is 10.5. The molecule has 0 saturated carbocycles. The van der Waals surface area contributed by atoms with Gasteiger partial charge in [-0.2, -0.15) is 0 Å². The van der Waals surface area contributed by atoms with Gasteiger partial charge in [0.1, 0.15) is 16.5 Å². The van der Waals surface area contributed by atoms with Gasteiger partial charge < -0.3 is 9.80 Å². The van der Waals surface area contributed by atoms with Crippen LogP contribution in [0.25, 0.3) is 10.2 Å². The van der Waals surface area contributed by atoms with E-state index in [1.165, 1.54) is 56.6 Å². The van der Waals surface area contributed by atoms with Gasteiger partial charge in [0.15, 0.2) is 0 Å². The molecule has 0 N–H and O–H groups in total. The fourth-order valence-electron chi connectivity index (χ4n) is 4.08. The summed E-state index contributed by atoms with van der Waals surface area (Å²) in [6, 6.07) is 2.86. The van der Waals surface area contributed by atoms with E-state index >= 15 is 0 Å². The number of anilines is 1. The minimum Gasteiger partial charge on any atom is -0.354 e. The molecule has 1 atom stereocenters. The second-order valence-corrected chi connectivity index (χ2v) is 8.29. The van der Waals surface area contributed by atoms with E-state index in [2.05, 4.69) is 40.1 Å². The van der Waals surface area contributed by atoms with Crippen LogP contribution in [0.4, 0.5) is 5.82 Å². The van der Waals surface area contributed by atoms with E-state index in [-0.39, 0.29) is 0 Å². The van der Waals surface area contributed by atoms with Gasteiger partial charge in [0.25, 0.3) is 0 Å². The van der Waals surface area contributed by atoms with Crippen LogP contribution in [0.2, 0.25) is 0 Å². The summed E-state index contributed by atoms with van der Waals surface area (Å²) in [6.07, 6.45) is 4.81. The second kappa shape index (κ2) is 7.56. The molecule has 0 amide bonds. The molecular weight excluding hydrogens is 330 g/mol. The molecule has 4 rings (SSSR count). The Kier molecular flexibility index (Phi) is 5.20. The van der Waals surface area contributed by atoms with E-state index in [1.807, 2.05) is 0 Å². The molecule has 0 radical (unpaired) electrons. The molecule has 4 heterocycles. The predicted molar refractivity (Wildman–Crippen MR) is 106 cm³/mol. The number of hydrogen-bond donors (Lipinski definition) is 0. The first kappa shape index (κ1) is 17.2. The van der Waals surface area contributed by atoms with Crippen molar-refractivity contribution in [2.75, 3.05) is 51.2 Å². The van der Waals surface area contributed by atoms with Crippen LogP contribution in [0, 0.1) is 0 Å². The van der Waals surface area contributed by atoms with Gasteiger partial charge in [-0.3, -0.25) is 4.90 Å². The number of rotatable bonds is 3. The molecule has 2 aromatic heterocycles. The Balaban J connectivity index is 1.60. The molecule has 0 spiro atoms. The number of aryl methyl sites for hydroxylation is 1. The van der Waals surface area contributed by atoms with Crippen LogP contribution in [0.5, 0.6) is 0 Å². The topological polar surface area (TPSA) is 35.5 Å². The van der Waals surface area contributed by atoms with Gasteiger partial charge in [-0.15, -0.1) is 11.3 Å². The molecule has 0 aliphatic carbocycles. The summed E-state index contributed by atoms with van der Waals surface area (Å²) in [5.74, 6) is 2.15. The summed E-state index contributed by atoms with van der Waals surface area (Å²) >= 11 is 1.74. The highest BCUT2D eigenvalue weighted by Gasteiger charge is 2.27. The van der Waals surface area contributed by atoms with Crippen molar-refractivity contribution in [2.24, 2.45) is 0 Å². The maximum absolute atomic E-state index is 4.94. The number of piperazine rings is 1. The number of thiophene rings is 1. The number of hydrogen-bond acceptors (Lipinski definition) is 6. The highest BCUT2D eigenvalue weighted by Crippen LogP contribution is 2.30. The van der Waals surface area contributed by atoms with Gasteiger partial charge in [0.2, 0.25) is 0 Å². The van der Waals surface area contributed by atoms with E-state index in [0.29, 0.717) is 6.04 Å². The molecule has 6 heteroatoms. The fourth-order valence-corrected chi connectivity index (χ4v) is 4.86. The summed E-state index contributed by atoms with van der Waals surface area (Å²) in [6.45, 7) is 9.16. The first-order valence-electron chi connectivity index (χ1n) is 9.66. The Labute approximate surface area is 154 Å². The van der Waals surface area contributed by atoms with E-state index in [0.717, 1.165) is 30.2 Å². The molecule has 2 aliphatic heterocycles. The summed E-state index contributed by atoms with van der Waals surface area (Å²) < 4.78 is 0. The summed E-state index contributed by atoms with van der Waals surface area (Å²) in [7, 11) is 2.23. The molecule has 25 heavy (non-hydrogen) atoms. The van der Waals surface area contributed by atoms with Crippen molar-refractivity contribution >= 4 is 27.4 Å². The largest absolute Gasteiger partial charge is 0.354 e. The number of aromatic nitrogens is 2. The maximum atomic E-state index is 4.94. The van der Waals surface area contributed by atoms with E-state index in [4.69, 9.17) is 9.97 Å². The van der Waals surface area contributed by atoms with Crippen LogP contribution in [-0.4, -0.2) is 72.1 Å². The minimum atomic E-state index is 0.657. The van der Waals surface area contributed by atoms with Crippen LogP contribution in [0.15, 0.2) is 11.4 Å². The third-order valence-electron chi connectivity index (χ3n) is 5.67. The number of fused-ring (bicyclic) bond motifs is 1. The minimum absolute atomic E-state index is 0.657. The lowest BCUT2D eigenvalue weighted by molar-refractivity contribution is 0.110. The zero-order valence-corrected chi connectivity index (χ0v) is 16.3. The summed E-state index contributed by atoms with van der Waals surface area (Å²) in [5.41, 5.74) is 0. The van der Waals surface area contributed by atoms with Gasteiger partial charge in [0, 0.05) is 51.7 Å². The standard InChI is InChI=1S/C19H29N5S/c1-3-17-20-18(16-7-13-25-19(16)21-17)24-8-5-4-6-15(14-24)23-11-9-22(2)10-12-23/h7,13,15H,3-6,8-12,14H2,1-2H3. The van der Waals surface area contributed by atoms with E-state index < -0.39 is 0 Å². The van der Waals surface area contributed by atoms with Gasteiger partial charge in [0.05, 0.1) is 5.39 Å². The Bertz CT molecular complexity index is 707. The average Bonchev–Trinajstić information content (AvgIpc) is 2.98. The summed E-state index contributed by atoms with van der Waals surface area (Å²) in [4.78, 5) is 18.5. The third kappa shape index (κ3) is 3.66. The fraction of sp³-hybridized carbons (Fsp3) is 0.684. The van der Waals surface area contributed by atoms with Crippen LogP contribution < -0.4 is 4.90 Å². The van der Waals surface area contributed by atoms with E-state index in [9.17, 15) is 0 Å². The lowest BCUT2D eigenvalue weighted by atomic mass is 10.1. The monoisotopic (exact) mass is 359 g/mol. The molecule has 0 bridgehead atoms. The van der Waals surface area contributed by atoms with Crippen molar-refractivity contribution in [1.29, 1.82) is 0 Å². The molecule has 2 aliphatic rings. The Morgan fingerprint density at radius 3 is 2.76 bits per heavy atom. The zero-order valence-electron chi connectivity index (χ0n) is 15.4. The molecular formula is C19H29N5S. The smallest absolute Gasteiger partial charge is 0.141 e. The van der Waals surface area contributed by atoms with Crippen LogP contribution in [0.1, 0.15) is 32.0 Å². The van der Waals surface area contributed by atoms with Gasteiger partial charge >= 0.3 is 0 Å². The van der Waals surface area contributed by atoms with Crippen molar-refractivity contribution in [3.05, 3.63) is 17.3 Å². The van der Waals surface area contributed by atoms with Crippen molar-refractivity contribution in [1.82, 2.24) is 19.8 Å². The highest BCUT2D eigenvalue weighted by molar-refractivity contribution is 7.16. The number of nitrogens with zero attached hydrogens (tertiary/aromatic N) is 5. The van der Waals surface area contributed by atoms with Crippen LogP contribution in [0.3, 0.4) is 0 Å². The lowest BCUT2D eigenvalue weighted by Crippen LogP contribution is -2.52. The molecule has 136 valence electrons. The number of likely N-dealkylation sites (N-methyl/N-ethyl adjacent to an activating group) is 1. The first-order chi connectivity index (χ1) is 12.2. The Morgan fingerprint density at radius 2 is 1.96 bits per heavy atom. The van der Waals surface area contributed by atoms with Crippen molar-refractivity contribution < 1.29 is 0 Å². The predicted octanol–water partition coefficient (Wildman–Crippen LogP) is 2.86. The normalized spacial score (nSPS) is 23.9. The molecule has 2 aromatic rings. The van der Waals surface area contributed by atoms with Gasteiger partial charge in [-0.05, 0) is 31.3 Å². The van der Waals surface area contributed by atoms with Crippen LogP contribution >= 0.6 is 11.3 Å². The third-order valence-corrected chi connectivity index (χ3v) is 6.47. The average molecular weight is 360 g/mol. The van der Waals surface area contributed by atoms with Crippen molar-refractivity contribution in [3.63, 3.8) is 0 Å². The molecule has 0 aromatic carbocycles. The quantitative estimate of drug-likeness (QED) is 0.842. The maximum Gasteiger partial charge on any atom is 0.141 e. The molecule has 1 unspecified atom stereocenters. The van der Waals surface area contributed by atoms with E-state index in [1.54, 1.807) is 11.3 Å². The molecule has 2 fully saturated rings. The van der Waals surface area contributed by atoms with Gasteiger partial charge in [-0.1, -0.05) is 13.3 Å². The Hall–Kier alpha value is -1.24. The molecule has 2 saturated heterocycles. The zero-order chi connectivity index (χ0) is 17.2. The lowest BCUT2D eigenvalue weighted by Gasteiger charge is -2.39. The highest BCUT2D eigenvalue weighted by atomic mass is 32.1. The second-order valence-electron chi connectivity index (χ2n) is 7.39. The van der Waals surface area contributed by atoms with Gasteiger partial charge in [-0.25, -0.2) is 9.97 Å². The molecule has 5 nitrogen and oxygen atoms in total.